The molecule has 0 aliphatic heterocycles. The maximum Gasteiger partial charge on any atom is 0.331 e. The number of ether oxygens (including phenoxy) is 2. The van der Waals surface area contributed by atoms with Crippen LogP contribution in [0.5, 0.6) is 5.75 Å². The van der Waals surface area contributed by atoms with E-state index < -0.39 is 12.1 Å². The highest BCUT2D eigenvalue weighted by atomic mass is 16.5. The Kier molecular flexibility index (Phi) is 9.75. The van der Waals surface area contributed by atoms with E-state index in [1.165, 1.54) is 6.92 Å². The number of carboxylic acids is 1. The molecular formula is C24H34N2O5. The number of carbonyl (C=O) groups is 2. The molecule has 0 aromatic heterocycles. The summed E-state index contributed by atoms with van der Waals surface area (Å²) in [6.07, 6.45) is 6.97. The quantitative estimate of drug-likeness (QED) is 0.499. The summed E-state index contributed by atoms with van der Waals surface area (Å²) >= 11 is 0. The van der Waals surface area contributed by atoms with Crippen molar-refractivity contribution in [2.24, 2.45) is 0 Å². The minimum absolute atomic E-state index is 0.00301. The van der Waals surface area contributed by atoms with Gasteiger partial charge >= 0.3 is 5.97 Å². The largest absolute Gasteiger partial charge is 0.496 e. The van der Waals surface area contributed by atoms with Crippen LogP contribution in [-0.2, 0) is 14.3 Å². The number of benzene rings is 1. The Hall–Kier alpha value is -2.64. The fraction of sp³-hybridized carbons (Fsp3) is 0.500. The highest BCUT2D eigenvalue weighted by molar-refractivity contribution is 5.87. The maximum absolute atomic E-state index is 11.9. The first kappa shape index (κ1) is 24.6. The molecule has 7 nitrogen and oxygen atoms in total. The van der Waals surface area contributed by atoms with Crippen LogP contribution in [0.3, 0.4) is 0 Å². The van der Waals surface area contributed by atoms with Gasteiger partial charge < -0.3 is 25.2 Å². The second-order valence-corrected chi connectivity index (χ2v) is 7.63. The third-order valence-electron chi connectivity index (χ3n) is 5.43. The fourth-order valence-corrected chi connectivity index (χ4v) is 3.77. The third-order valence-corrected chi connectivity index (χ3v) is 5.43. The Balaban J connectivity index is 2.17. The van der Waals surface area contributed by atoms with Crippen LogP contribution >= 0.6 is 0 Å². The fourth-order valence-electron chi connectivity index (χ4n) is 3.77. The minimum Gasteiger partial charge on any atom is -0.496 e. The van der Waals surface area contributed by atoms with E-state index in [2.05, 4.69) is 10.6 Å². The van der Waals surface area contributed by atoms with Crippen molar-refractivity contribution >= 4 is 18.0 Å². The molecule has 1 aromatic carbocycles. The van der Waals surface area contributed by atoms with Crippen molar-refractivity contribution in [2.45, 2.75) is 64.3 Å². The van der Waals surface area contributed by atoms with Crippen LogP contribution in [0.1, 0.15) is 45.6 Å². The van der Waals surface area contributed by atoms with Crippen LogP contribution in [0.4, 0.5) is 0 Å². The molecule has 31 heavy (non-hydrogen) atoms. The van der Waals surface area contributed by atoms with Crippen LogP contribution in [-0.4, -0.2) is 54.9 Å². The smallest absolute Gasteiger partial charge is 0.331 e. The van der Waals surface area contributed by atoms with Crippen LogP contribution in [0.2, 0.25) is 0 Å². The van der Waals surface area contributed by atoms with E-state index >= 15 is 0 Å². The minimum atomic E-state index is -0.962. The zero-order valence-corrected chi connectivity index (χ0v) is 18.8. The number of rotatable bonds is 11. The summed E-state index contributed by atoms with van der Waals surface area (Å²) in [5.41, 5.74) is 1.25. The summed E-state index contributed by atoms with van der Waals surface area (Å²) in [6.45, 7) is 6.03. The molecular weight excluding hydrogens is 396 g/mol. The van der Waals surface area contributed by atoms with Crippen LogP contribution in [0.15, 0.2) is 42.0 Å². The van der Waals surface area contributed by atoms with E-state index in [9.17, 15) is 14.7 Å². The van der Waals surface area contributed by atoms with E-state index in [0.29, 0.717) is 18.5 Å². The number of amides is 1. The normalized spacial score (nSPS) is 21.2. The van der Waals surface area contributed by atoms with Crippen LogP contribution < -0.4 is 15.4 Å². The predicted molar refractivity (Wildman–Crippen MR) is 121 cm³/mol. The number of carbonyl (C=O) groups excluding carboxylic acids is 1. The van der Waals surface area contributed by atoms with Gasteiger partial charge in [0.1, 0.15) is 5.75 Å². The molecule has 1 aliphatic carbocycles. The van der Waals surface area contributed by atoms with Gasteiger partial charge in [0.2, 0.25) is 5.91 Å². The molecule has 0 fully saturated rings. The van der Waals surface area contributed by atoms with E-state index in [-0.39, 0.29) is 24.1 Å². The Bertz CT molecular complexity index is 801. The maximum atomic E-state index is 11.9. The summed E-state index contributed by atoms with van der Waals surface area (Å²) in [6, 6.07) is 7.07. The van der Waals surface area contributed by atoms with Gasteiger partial charge in [0.05, 0.1) is 25.4 Å². The van der Waals surface area contributed by atoms with E-state index in [4.69, 9.17) is 9.47 Å². The molecule has 0 saturated carbocycles. The molecule has 7 heteroatoms. The number of methoxy groups -OCH3 is 1. The Labute approximate surface area is 184 Å². The van der Waals surface area contributed by atoms with Crippen molar-refractivity contribution in [3.05, 3.63) is 47.6 Å². The second-order valence-electron chi connectivity index (χ2n) is 7.63. The number of hydrogen-bond acceptors (Lipinski definition) is 5. The summed E-state index contributed by atoms with van der Waals surface area (Å²) in [4.78, 5) is 23.6. The Morgan fingerprint density at radius 2 is 1.97 bits per heavy atom. The number of hydrogen-bond donors (Lipinski definition) is 3. The average Bonchev–Trinajstić information content (AvgIpc) is 2.76. The molecule has 3 N–H and O–H groups in total. The number of carboxylic acid groups (broad SMARTS) is 1. The van der Waals surface area contributed by atoms with Gasteiger partial charge in [-0.1, -0.05) is 44.2 Å². The molecule has 1 amide bonds. The van der Waals surface area contributed by atoms with Crippen molar-refractivity contribution in [3.63, 3.8) is 0 Å². The van der Waals surface area contributed by atoms with Crippen molar-refractivity contribution in [3.8, 4) is 5.75 Å². The third kappa shape index (κ3) is 7.22. The Morgan fingerprint density at radius 3 is 2.58 bits per heavy atom. The molecule has 170 valence electrons. The second kappa shape index (κ2) is 12.3. The van der Waals surface area contributed by atoms with Crippen LogP contribution in [0, 0.1) is 0 Å². The van der Waals surface area contributed by atoms with Gasteiger partial charge in [0, 0.05) is 30.6 Å². The van der Waals surface area contributed by atoms with E-state index in [0.717, 1.165) is 24.2 Å². The number of nitrogens with one attached hydrogen (secondary N) is 2. The van der Waals surface area contributed by atoms with Crippen molar-refractivity contribution in [2.75, 3.05) is 13.7 Å². The van der Waals surface area contributed by atoms with Gasteiger partial charge in [-0.05, 0) is 31.4 Å². The molecule has 1 aliphatic rings. The molecule has 3 atom stereocenters. The highest BCUT2D eigenvalue weighted by Crippen LogP contribution is 2.25. The monoisotopic (exact) mass is 430 g/mol. The Morgan fingerprint density at radius 1 is 1.26 bits per heavy atom. The molecule has 0 radical (unpaired) electrons. The predicted octanol–water partition coefficient (Wildman–Crippen LogP) is 3.16. The van der Waals surface area contributed by atoms with E-state index in [1.54, 1.807) is 13.2 Å². The van der Waals surface area contributed by atoms with Crippen molar-refractivity contribution in [1.82, 2.24) is 10.6 Å². The van der Waals surface area contributed by atoms with Gasteiger partial charge in [0.15, 0.2) is 0 Å². The summed E-state index contributed by atoms with van der Waals surface area (Å²) in [5.74, 6) is -0.357. The first-order valence-corrected chi connectivity index (χ1v) is 10.8. The molecule has 0 unspecified atom stereocenters. The standard InChI is InChI=1S/C24H34N2O5/c1-5-19(6-2)31-22-15-18(24(28)29)14-20(23(22)26-16(3)27)25-13-9-11-17-10-7-8-12-21(17)30-4/h7-12,15,19-20,22-23,25H,5-6,13-14H2,1-4H3,(H,26,27)(H,28,29)/b11-9+/t20-,22+,23+/m0/s1. The topological polar surface area (TPSA) is 96.9 Å². The molecule has 0 bridgehead atoms. The average molecular weight is 431 g/mol. The molecule has 1 aromatic rings. The van der Waals surface area contributed by atoms with Gasteiger partial charge in [-0.2, -0.15) is 0 Å². The van der Waals surface area contributed by atoms with Gasteiger partial charge in [-0.15, -0.1) is 0 Å². The summed E-state index contributed by atoms with van der Waals surface area (Å²) in [5, 5.41) is 15.9. The lowest BCUT2D eigenvalue weighted by Gasteiger charge is -2.38. The van der Waals surface area contributed by atoms with Gasteiger partial charge in [0.25, 0.3) is 0 Å². The van der Waals surface area contributed by atoms with Crippen LogP contribution in [0.25, 0.3) is 6.08 Å². The molecule has 0 saturated heterocycles. The lowest BCUT2D eigenvalue weighted by molar-refractivity contribution is -0.133. The summed E-state index contributed by atoms with van der Waals surface area (Å²) < 4.78 is 11.5. The molecule has 0 heterocycles. The zero-order chi connectivity index (χ0) is 22.8. The zero-order valence-electron chi connectivity index (χ0n) is 18.8. The molecule has 0 spiro atoms. The van der Waals surface area contributed by atoms with Gasteiger partial charge in [-0.3, -0.25) is 4.79 Å². The number of aliphatic carboxylic acids is 1. The highest BCUT2D eigenvalue weighted by Gasteiger charge is 2.37. The lowest BCUT2D eigenvalue weighted by Crippen LogP contribution is -2.58. The molecule has 2 rings (SSSR count). The van der Waals surface area contributed by atoms with E-state index in [1.807, 2.05) is 50.3 Å². The van der Waals surface area contributed by atoms with Crippen molar-refractivity contribution in [1.29, 1.82) is 0 Å². The van der Waals surface area contributed by atoms with Crippen molar-refractivity contribution < 1.29 is 24.2 Å². The first-order valence-electron chi connectivity index (χ1n) is 10.8. The van der Waals surface area contributed by atoms with Gasteiger partial charge in [-0.25, -0.2) is 4.79 Å². The first-order chi connectivity index (χ1) is 14.9. The lowest BCUT2D eigenvalue weighted by atomic mass is 9.87. The summed E-state index contributed by atoms with van der Waals surface area (Å²) in [7, 11) is 1.63. The SMILES string of the molecule is CCC(CC)O[C@@H]1C=C(C(=O)O)C[C@H](NC/C=C/c2ccccc2OC)[C@H]1NC(C)=O. The number of para-hydroxylation sites is 1.